The Bertz CT molecular complexity index is 1460. The number of benzene rings is 3. The maximum atomic E-state index is 13.7. The zero-order valence-electron chi connectivity index (χ0n) is 24.0. The van der Waals surface area contributed by atoms with Gasteiger partial charge in [0.25, 0.3) is 11.9 Å². The number of fused-ring (bicyclic) bond motifs is 1. The standard InChI is InChI=1S/C30H33FN4O2S.C2H4O2/c1-33(30(36)29-17-22(18-32)16-24-4-2-3-5-28(24)29)19-25(23-6-8-26(31)9-7-23)10-11-34-20-27(21-34)35-12-14-38(37)15-13-35;1-2(3)4/h2-9,16-17,25,27H,10-15,19-21H2,1H3;1H3,(H,3,4). The molecule has 0 bridgehead atoms. The van der Waals surface area contributed by atoms with E-state index in [0.717, 1.165) is 73.9 Å². The molecular weight excluding hydrogens is 555 g/mol. The van der Waals surface area contributed by atoms with Gasteiger partial charge in [0.15, 0.2) is 0 Å². The lowest BCUT2D eigenvalue weighted by Crippen LogP contribution is -2.61. The van der Waals surface area contributed by atoms with Gasteiger partial charge in [-0.25, -0.2) is 4.39 Å². The number of amides is 1. The van der Waals surface area contributed by atoms with Crippen LogP contribution in [0.2, 0.25) is 0 Å². The van der Waals surface area contributed by atoms with Gasteiger partial charge in [-0.3, -0.25) is 18.7 Å². The van der Waals surface area contributed by atoms with Crippen molar-refractivity contribution in [3.8, 4) is 6.07 Å². The lowest BCUT2D eigenvalue weighted by Gasteiger charge is -2.47. The molecule has 3 aromatic carbocycles. The number of carboxylic acids is 1. The van der Waals surface area contributed by atoms with E-state index in [1.807, 2.05) is 36.4 Å². The van der Waals surface area contributed by atoms with Crippen molar-refractivity contribution in [2.45, 2.75) is 25.3 Å². The highest BCUT2D eigenvalue weighted by atomic mass is 32.2. The summed E-state index contributed by atoms with van der Waals surface area (Å²) in [4.78, 5) is 29.2. The van der Waals surface area contributed by atoms with Gasteiger partial charge in [0.1, 0.15) is 5.82 Å². The molecule has 3 aromatic rings. The summed E-state index contributed by atoms with van der Waals surface area (Å²) in [7, 11) is 1.14. The molecule has 2 fully saturated rings. The molecule has 42 heavy (non-hydrogen) atoms. The number of aliphatic carboxylic acids is 1. The summed E-state index contributed by atoms with van der Waals surface area (Å²) in [5.74, 6) is 0.361. The van der Waals surface area contributed by atoms with E-state index in [1.165, 1.54) is 12.1 Å². The molecule has 0 aromatic heterocycles. The molecule has 1 unspecified atom stereocenters. The molecule has 5 rings (SSSR count). The molecule has 0 aliphatic carbocycles. The summed E-state index contributed by atoms with van der Waals surface area (Å²) in [6.45, 7) is 6.31. The fourth-order valence-corrected chi connectivity index (χ4v) is 6.66. The van der Waals surface area contributed by atoms with Crippen molar-refractivity contribution in [1.29, 1.82) is 5.26 Å². The topological polar surface area (TPSA) is 105 Å². The van der Waals surface area contributed by atoms with E-state index < -0.39 is 16.8 Å². The van der Waals surface area contributed by atoms with Gasteiger partial charge in [0.05, 0.1) is 11.6 Å². The van der Waals surface area contributed by atoms with Crippen molar-refractivity contribution in [2.24, 2.45) is 0 Å². The molecule has 2 aliphatic heterocycles. The van der Waals surface area contributed by atoms with Gasteiger partial charge in [-0.2, -0.15) is 5.26 Å². The smallest absolute Gasteiger partial charge is 0.300 e. The third-order valence-corrected chi connectivity index (χ3v) is 9.14. The number of nitrogens with zero attached hydrogens (tertiary/aromatic N) is 4. The Hall–Kier alpha value is -3.65. The number of likely N-dealkylation sites (tertiary alicyclic amines) is 1. The van der Waals surface area contributed by atoms with Gasteiger partial charge >= 0.3 is 0 Å². The van der Waals surface area contributed by atoms with Crippen molar-refractivity contribution in [3.63, 3.8) is 0 Å². The number of likely N-dealkylation sites (N-methyl/N-ethyl adjacent to an activating group) is 1. The van der Waals surface area contributed by atoms with Crippen LogP contribution in [0.15, 0.2) is 60.7 Å². The summed E-state index contributed by atoms with van der Waals surface area (Å²) in [6, 6.07) is 20.4. The zero-order valence-corrected chi connectivity index (χ0v) is 24.9. The molecule has 0 radical (unpaired) electrons. The maximum Gasteiger partial charge on any atom is 0.300 e. The third-order valence-electron chi connectivity index (χ3n) is 7.86. The number of carboxylic acid groups (broad SMARTS) is 1. The number of hydrogen-bond acceptors (Lipinski definition) is 6. The van der Waals surface area contributed by atoms with E-state index in [4.69, 9.17) is 9.90 Å². The number of halogens is 1. The highest BCUT2D eigenvalue weighted by Gasteiger charge is 2.33. The van der Waals surface area contributed by atoms with E-state index in [1.54, 1.807) is 24.1 Å². The van der Waals surface area contributed by atoms with Crippen LogP contribution in [0.3, 0.4) is 0 Å². The highest BCUT2D eigenvalue weighted by molar-refractivity contribution is 7.85. The quantitative estimate of drug-likeness (QED) is 0.423. The molecule has 2 aliphatic rings. The Morgan fingerprint density at radius 1 is 1.12 bits per heavy atom. The molecule has 1 amide bonds. The number of rotatable bonds is 8. The zero-order chi connectivity index (χ0) is 30.2. The lowest BCUT2D eigenvalue weighted by molar-refractivity contribution is -0.134. The second-order valence-electron chi connectivity index (χ2n) is 10.9. The SMILES string of the molecule is CC(=O)O.CN(CC(CCN1CC(N2CCS(=O)CC2)C1)c1ccc(F)cc1)C(=O)c1cc(C#N)cc2ccccc12. The number of carbonyl (C=O) groups excluding carboxylic acids is 1. The Kier molecular flexibility index (Phi) is 10.8. The number of nitriles is 1. The van der Waals surface area contributed by atoms with Crippen molar-refractivity contribution in [1.82, 2.24) is 14.7 Å². The van der Waals surface area contributed by atoms with Crippen molar-refractivity contribution in [3.05, 3.63) is 83.2 Å². The minimum atomic E-state index is -0.833. The van der Waals surface area contributed by atoms with Gasteiger partial charge in [0.2, 0.25) is 0 Å². The third kappa shape index (κ3) is 8.22. The van der Waals surface area contributed by atoms with E-state index >= 15 is 0 Å². The summed E-state index contributed by atoms with van der Waals surface area (Å²) in [6.07, 6.45) is 0.846. The maximum absolute atomic E-state index is 13.7. The largest absolute Gasteiger partial charge is 0.481 e. The van der Waals surface area contributed by atoms with E-state index in [-0.39, 0.29) is 17.6 Å². The van der Waals surface area contributed by atoms with Crippen LogP contribution in [-0.4, -0.2) is 99.8 Å². The lowest BCUT2D eigenvalue weighted by atomic mass is 9.93. The Morgan fingerprint density at radius 3 is 2.40 bits per heavy atom. The number of carbonyl (C=O) groups is 2. The average Bonchev–Trinajstić information content (AvgIpc) is 2.95. The second-order valence-corrected chi connectivity index (χ2v) is 12.6. The van der Waals surface area contributed by atoms with E-state index in [0.29, 0.717) is 23.7 Å². The summed E-state index contributed by atoms with van der Waals surface area (Å²) in [5, 5.41) is 18.6. The fraction of sp³-hybridized carbons (Fsp3) is 0.406. The highest BCUT2D eigenvalue weighted by Crippen LogP contribution is 2.27. The Labute approximate surface area is 248 Å². The van der Waals surface area contributed by atoms with Crippen LogP contribution >= 0.6 is 0 Å². The Morgan fingerprint density at radius 2 is 1.76 bits per heavy atom. The van der Waals surface area contributed by atoms with Gasteiger partial charge in [-0.1, -0.05) is 36.4 Å². The average molecular weight is 593 g/mol. The van der Waals surface area contributed by atoms with Crippen LogP contribution in [0, 0.1) is 17.1 Å². The minimum Gasteiger partial charge on any atom is -0.481 e. The van der Waals surface area contributed by atoms with Crippen molar-refractivity contribution in [2.75, 3.05) is 57.8 Å². The number of hydrogen-bond donors (Lipinski definition) is 1. The van der Waals surface area contributed by atoms with E-state index in [9.17, 15) is 18.7 Å². The van der Waals surface area contributed by atoms with Crippen LogP contribution in [0.1, 0.15) is 40.7 Å². The summed E-state index contributed by atoms with van der Waals surface area (Å²) in [5.41, 5.74) is 1.99. The molecule has 0 spiro atoms. The molecule has 2 heterocycles. The Balaban J connectivity index is 0.000000952. The molecule has 1 atom stereocenters. The fourth-order valence-electron chi connectivity index (χ4n) is 5.58. The van der Waals surface area contributed by atoms with Gasteiger partial charge in [0, 0.05) is 86.5 Å². The van der Waals surface area contributed by atoms with Crippen LogP contribution in [0.25, 0.3) is 10.8 Å². The van der Waals surface area contributed by atoms with Gasteiger partial charge < -0.3 is 14.9 Å². The van der Waals surface area contributed by atoms with E-state index in [2.05, 4.69) is 15.9 Å². The first-order valence-electron chi connectivity index (χ1n) is 14.1. The first-order valence-corrected chi connectivity index (χ1v) is 15.6. The van der Waals surface area contributed by atoms with Crippen LogP contribution in [-0.2, 0) is 15.6 Å². The first-order chi connectivity index (χ1) is 20.1. The summed E-state index contributed by atoms with van der Waals surface area (Å²) >= 11 is 0. The predicted molar refractivity (Wildman–Crippen MR) is 162 cm³/mol. The molecule has 1 N–H and O–H groups in total. The molecule has 222 valence electrons. The monoisotopic (exact) mass is 592 g/mol. The summed E-state index contributed by atoms with van der Waals surface area (Å²) < 4.78 is 25.3. The van der Waals surface area contributed by atoms with Crippen LogP contribution in [0.4, 0.5) is 4.39 Å². The molecular formula is C32H37FN4O4S. The molecule has 8 nitrogen and oxygen atoms in total. The molecule has 2 saturated heterocycles. The molecule has 0 saturated carbocycles. The van der Waals surface area contributed by atoms with Crippen LogP contribution < -0.4 is 0 Å². The molecule has 10 heteroatoms. The van der Waals surface area contributed by atoms with Crippen molar-refractivity contribution < 1.29 is 23.3 Å². The van der Waals surface area contributed by atoms with Gasteiger partial charge in [-0.15, -0.1) is 0 Å². The second kappa shape index (κ2) is 14.5. The minimum absolute atomic E-state index is 0.0476. The van der Waals surface area contributed by atoms with Crippen LogP contribution in [0.5, 0.6) is 0 Å². The van der Waals surface area contributed by atoms with Gasteiger partial charge in [-0.05, 0) is 53.6 Å². The first kappa shape index (κ1) is 31.3. The normalized spacial score (nSPS) is 17.0. The van der Waals surface area contributed by atoms with Crippen molar-refractivity contribution >= 4 is 33.4 Å². The predicted octanol–water partition coefficient (Wildman–Crippen LogP) is 3.94.